The fraction of sp³-hybridized carbons (Fsp3) is 0.933. The van der Waals surface area contributed by atoms with Gasteiger partial charge in [-0.25, -0.2) is 0 Å². The van der Waals surface area contributed by atoms with E-state index in [2.05, 4.69) is 45.2 Å². The molecule has 3 N–H and O–H groups in total. The monoisotopic (exact) mass is 453 g/mol. The van der Waals surface area contributed by atoms with Gasteiger partial charge in [0, 0.05) is 12.6 Å². The normalized spacial score (nSPS) is 12.2. The first-order valence-electron chi connectivity index (χ1n) is 14.8. The zero-order valence-corrected chi connectivity index (χ0v) is 23.1. The van der Waals surface area contributed by atoms with Gasteiger partial charge in [-0.1, -0.05) is 142 Å². The average molecular weight is 453 g/mol. The summed E-state index contributed by atoms with van der Waals surface area (Å²) < 4.78 is 0. The number of nitrogens with two attached hydrogens (primary N) is 1. The minimum atomic E-state index is 0.480. The maximum Gasteiger partial charge on any atom is 0.0161 e. The maximum absolute atomic E-state index is 5.54. The SMILES string of the molecule is CC=CCCCCCCCCCCCC.CCCCCCCCCCCCNC(C)CN. The van der Waals surface area contributed by atoms with E-state index in [1.165, 1.54) is 135 Å². The van der Waals surface area contributed by atoms with Crippen LogP contribution in [0.1, 0.15) is 163 Å². The average Bonchev–Trinajstić information content (AvgIpc) is 2.81. The standard InChI is InChI=1S/C15H34N2.C15H30/c1-3-4-5-6-7-8-9-10-11-12-13-17-15(2)14-16;1-3-5-7-9-11-13-15-14-12-10-8-6-4-2/h15,17H,3-14,16H2,1-2H3;3,5H,4,6-15H2,1-2H3. The van der Waals surface area contributed by atoms with Crippen molar-refractivity contribution in [1.82, 2.24) is 5.32 Å². The minimum Gasteiger partial charge on any atom is -0.329 e. The number of allylic oxidation sites excluding steroid dienone is 2. The van der Waals surface area contributed by atoms with Gasteiger partial charge in [0.25, 0.3) is 0 Å². The largest absolute Gasteiger partial charge is 0.329 e. The highest BCUT2D eigenvalue weighted by Gasteiger charge is 1.96. The summed E-state index contributed by atoms with van der Waals surface area (Å²) >= 11 is 0. The van der Waals surface area contributed by atoms with Crippen molar-refractivity contribution in [3.05, 3.63) is 12.2 Å². The van der Waals surface area contributed by atoms with Crippen molar-refractivity contribution in [3.8, 4) is 0 Å². The second kappa shape index (κ2) is 32.8. The predicted octanol–water partition coefficient (Wildman–Crippen LogP) is 9.72. The van der Waals surface area contributed by atoms with Gasteiger partial charge in [-0.2, -0.15) is 0 Å². The first kappa shape index (κ1) is 33.8. The van der Waals surface area contributed by atoms with Gasteiger partial charge in [0.2, 0.25) is 0 Å². The van der Waals surface area contributed by atoms with E-state index in [1.54, 1.807) is 0 Å². The molecular formula is C30H64N2. The number of rotatable bonds is 24. The van der Waals surface area contributed by atoms with Crippen molar-refractivity contribution < 1.29 is 0 Å². The smallest absolute Gasteiger partial charge is 0.0161 e. The third-order valence-corrected chi connectivity index (χ3v) is 6.34. The molecule has 0 heterocycles. The molecular weight excluding hydrogens is 388 g/mol. The van der Waals surface area contributed by atoms with Crippen LogP contribution in [0.3, 0.4) is 0 Å². The molecule has 0 saturated heterocycles. The molecule has 0 radical (unpaired) electrons. The summed E-state index contributed by atoms with van der Waals surface area (Å²) in [4.78, 5) is 0. The van der Waals surface area contributed by atoms with Crippen molar-refractivity contribution in [2.75, 3.05) is 13.1 Å². The van der Waals surface area contributed by atoms with Gasteiger partial charge >= 0.3 is 0 Å². The van der Waals surface area contributed by atoms with Crippen LogP contribution in [0.4, 0.5) is 0 Å². The molecule has 194 valence electrons. The van der Waals surface area contributed by atoms with Gasteiger partial charge in [0.05, 0.1) is 0 Å². The Hall–Kier alpha value is -0.340. The van der Waals surface area contributed by atoms with E-state index in [4.69, 9.17) is 5.73 Å². The molecule has 0 amide bonds. The minimum absolute atomic E-state index is 0.480. The van der Waals surface area contributed by atoms with Crippen LogP contribution >= 0.6 is 0 Å². The highest BCUT2D eigenvalue weighted by Crippen LogP contribution is 2.11. The number of hydrogen-bond acceptors (Lipinski definition) is 2. The van der Waals surface area contributed by atoms with Crippen LogP contribution in [-0.2, 0) is 0 Å². The first-order valence-corrected chi connectivity index (χ1v) is 14.8. The van der Waals surface area contributed by atoms with E-state index in [0.717, 1.165) is 13.1 Å². The first-order chi connectivity index (χ1) is 15.7. The zero-order valence-electron chi connectivity index (χ0n) is 23.1. The molecule has 0 aromatic heterocycles. The van der Waals surface area contributed by atoms with Crippen LogP contribution in [0.2, 0.25) is 0 Å². The Morgan fingerprint density at radius 3 is 1.34 bits per heavy atom. The molecule has 0 saturated carbocycles. The van der Waals surface area contributed by atoms with Crippen molar-refractivity contribution in [3.63, 3.8) is 0 Å². The fourth-order valence-corrected chi connectivity index (χ4v) is 3.96. The van der Waals surface area contributed by atoms with Gasteiger partial charge in [-0.15, -0.1) is 0 Å². The van der Waals surface area contributed by atoms with E-state index in [9.17, 15) is 0 Å². The van der Waals surface area contributed by atoms with Gasteiger partial charge in [0.1, 0.15) is 0 Å². The quantitative estimate of drug-likeness (QED) is 0.113. The third-order valence-electron chi connectivity index (χ3n) is 6.34. The van der Waals surface area contributed by atoms with E-state index in [0.29, 0.717) is 6.04 Å². The number of hydrogen-bond donors (Lipinski definition) is 2. The van der Waals surface area contributed by atoms with Crippen LogP contribution in [0.25, 0.3) is 0 Å². The fourth-order valence-electron chi connectivity index (χ4n) is 3.96. The van der Waals surface area contributed by atoms with E-state index in [1.807, 2.05) is 0 Å². The molecule has 1 atom stereocenters. The Kier molecular flexibility index (Phi) is 34.7. The molecule has 1 unspecified atom stereocenters. The lowest BCUT2D eigenvalue weighted by Crippen LogP contribution is -2.33. The Bertz CT molecular complexity index is 327. The summed E-state index contributed by atoms with van der Waals surface area (Å²) in [5.74, 6) is 0. The summed E-state index contributed by atoms with van der Waals surface area (Å²) in [6.07, 6.45) is 34.2. The zero-order chi connectivity index (χ0) is 24.0. The highest BCUT2D eigenvalue weighted by molar-refractivity contribution is 4.76. The van der Waals surface area contributed by atoms with Crippen LogP contribution in [0, 0.1) is 0 Å². The van der Waals surface area contributed by atoms with Crippen LogP contribution in [0.5, 0.6) is 0 Å². The van der Waals surface area contributed by atoms with E-state index in [-0.39, 0.29) is 0 Å². The summed E-state index contributed by atoms with van der Waals surface area (Å²) in [7, 11) is 0. The van der Waals surface area contributed by atoms with Crippen LogP contribution in [0.15, 0.2) is 12.2 Å². The summed E-state index contributed by atoms with van der Waals surface area (Å²) in [6, 6.07) is 0.480. The van der Waals surface area contributed by atoms with E-state index < -0.39 is 0 Å². The Morgan fingerprint density at radius 2 is 0.969 bits per heavy atom. The Balaban J connectivity index is 0. The molecule has 0 bridgehead atoms. The maximum atomic E-state index is 5.54. The Morgan fingerprint density at radius 1 is 0.594 bits per heavy atom. The molecule has 0 aliphatic heterocycles. The summed E-state index contributed by atoms with van der Waals surface area (Å²) in [6.45, 7) is 10.7. The molecule has 0 aromatic carbocycles. The Labute approximate surface area is 205 Å². The molecule has 0 aliphatic rings. The molecule has 32 heavy (non-hydrogen) atoms. The number of unbranched alkanes of at least 4 members (excludes halogenated alkanes) is 19. The molecule has 0 rings (SSSR count). The number of nitrogens with one attached hydrogen (secondary N) is 1. The lowest BCUT2D eigenvalue weighted by Gasteiger charge is -2.10. The third kappa shape index (κ3) is 34.3. The highest BCUT2D eigenvalue weighted by atomic mass is 14.9. The molecule has 2 nitrogen and oxygen atoms in total. The van der Waals surface area contributed by atoms with Crippen LogP contribution in [-0.4, -0.2) is 19.1 Å². The summed E-state index contributed by atoms with van der Waals surface area (Å²) in [5, 5.41) is 3.43. The molecule has 0 fully saturated rings. The topological polar surface area (TPSA) is 38.0 Å². The van der Waals surface area contributed by atoms with Crippen LogP contribution < -0.4 is 11.1 Å². The van der Waals surface area contributed by atoms with Crippen molar-refractivity contribution in [2.24, 2.45) is 5.73 Å². The molecule has 0 spiro atoms. The predicted molar refractivity (Wildman–Crippen MR) is 150 cm³/mol. The van der Waals surface area contributed by atoms with Gasteiger partial charge in [-0.3, -0.25) is 0 Å². The lowest BCUT2D eigenvalue weighted by atomic mass is 10.1. The van der Waals surface area contributed by atoms with Crippen molar-refractivity contribution in [2.45, 2.75) is 169 Å². The summed E-state index contributed by atoms with van der Waals surface area (Å²) in [5.41, 5.74) is 5.54. The van der Waals surface area contributed by atoms with Crippen molar-refractivity contribution in [1.29, 1.82) is 0 Å². The van der Waals surface area contributed by atoms with E-state index >= 15 is 0 Å². The molecule has 0 aliphatic carbocycles. The van der Waals surface area contributed by atoms with Crippen molar-refractivity contribution >= 4 is 0 Å². The van der Waals surface area contributed by atoms with Gasteiger partial charge in [0.15, 0.2) is 0 Å². The molecule has 0 aromatic rings. The second-order valence-corrected chi connectivity index (χ2v) is 9.81. The molecule has 2 heteroatoms. The van der Waals surface area contributed by atoms with Gasteiger partial charge in [-0.05, 0) is 39.7 Å². The second-order valence-electron chi connectivity index (χ2n) is 9.81. The van der Waals surface area contributed by atoms with Gasteiger partial charge < -0.3 is 11.1 Å². The lowest BCUT2D eigenvalue weighted by molar-refractivity contribution is 0.511.